The van der Waals surface area contributed by atoms with Crippen LogP contribution in [0.2, 0.25) is 0 Å². The van der Waals surface area contributed by atoms with Crippen molar-refractivity contribution in [3.63, 3.8) is 0 Å². The van der Waals surface area contributed by atoms with Crippen molar-refractivity contribution in [1.29, 1.82) is 0 Å². The van der Waals surface area contributed by atoms with Gasteiger partial charge in [-0.25, -0.2) is 4.79 Å². The fourth-order valence-electron chi connectivity index (χ4n) is 2.74. The molecular weight excluding hydrogens is 363 g/mol. The number of carboxylic acid groups (broad SMARTS) is 1. The lowest BCUT2D eigenvalue weighted by molar-refractivity contribution is -0.187. The third-order valence-corrected chi connectivity index (χ3v) is 4.10. The van der Waals surface area contributed by atoms with E-state index in [2.05, 4.69) is 4.98 Å². The van der Waals surface area contributed by atoms with Crippen molar-refractivity contribution < 1.29 is 32.5 Å². The number of aromatic nitrogens is 1. The van der Waals surface area contributed by atoms with Gasteiger partial charge in [-0.1, -0.05) is 6.92 Å². The van der Waals surface area contributed by atoms with Gasteiger partial charge in [-0.3, -0.25) is 4.98 Å². The minimum Gasteiger partial charge on any atom is -0.488 e. The molecule has 0 fully saturated rings. The molecule has 1 N–H and O–H groups in total. The molecule has 0 amide bonds. The molecule has 27 heavy (non-hydrogen) atoms. The summed E-state index contributed by atoms with van der Waals surface area (Å²) in [4.78, 5) is 15.1. The average Bonchev–Trinajstić information content (AvgIpc) is 2.64. The number of fused-ring (bicyclic) bond motifs is 1. The number of halogens is 3. The van der Waals surface area contributed by atoms with Gasteiger partial charge in [0, 0.05) is 24.0 Å². The van der Waals surface area contributed by atoms with Gasteiger partial charge in [-0.15, -0.1) is 0 Å². The molecule has 2 heterocycles. The predicted octanol–water partition coefficient (Wildman–Crippen LogP) is 4.01. The summed E-state index contributed by atoms with van der Waals surface area (Å²) in [6.07, 6.45) is -2.58. The highest BCUT2D eigenvalue weighted by Crippen LogP contribution is 2.40. The van der Waals surface area contributed by atoms with Crippen LogP contribution in [0.4, 0.5) is 13.2 Å². The van der Waals surface area contributed by atoms with Crippen LogP contribution in [-0.4, -0.2) is 28.3 Å². The van der Waals surface area contributed by atoms with Crippen LogP contribution >= 0.6 is 0 Å². The minimum atomic E-state index is -4.84. The molecule has 0 radical (unpaired) electrons. The molecule has 0 bridgehead atoms. The molecule has 2 aromatic rings. The van der Waals surface area contributed by atoms with E-state index in [1.54, 1.807) is 30.6 Å². The molecule has 142 valence electrons. The predicted molar refractivity (Wildman–Crippen MR) is 90.5 cm³/mol. The van der Waals surface area contributed by atoms with Gasteiger partial charge >= 0.3 is 12.1 Å². The zero-order valence-corrected chi connectivity index (χ0v) is 14.3. The third kappa shape index (κ3) is 4.05. The van der Waals surface area contributed by atoms with E-state index in [4.69, 9.17) is 14.6 Å². The maximum Gasteiger partial charge on any atom is 0.430 e. The monoisotopic (exact) mass is 379 g/mol. The highest BCUT2D eigenvalue weighted by atomic mass is 19.4. The summed E-state index contributed by atoms with van der Waals surface area (Å²) in [5.41, 5.74) is 1.02. The van der Waals surface area contributed by atoms with Crippen molar-refractivity contribution in [2.45, 2.75) is 32.2 Å². The van der Waals surface area contributed by atoms with Crippen molar-refractivity contribution in [3.05, 3.63) is 58.9 Å². The largest absolute Gasteiger partial charge is 0.488 e. The van der Waals surface area contributed by atoms with E-state index < -0.39 is 23.8 Å². The Hall–Kier alpha value is -3.03. The van der Waals surface area contributed by atoms with Crippen LogP contribution in [0.3, 0.4) is 0 Å². The minimum absolute atomic E-state index is 0.0655. The molecule has 1 unspecified atom stereocenters. The summed E-state index contributed by atoms with van der Waals surface area (Å²) < 4.78 is 50.3. The first kappa shape index (κ1) is 18.8. The molecule has 0 aliphatic carbocycles. The van der Waals surface area contributed by atoms with Crippen molar-refractivity contribution in [3.8, 4) is 11.5 Å². The first-order valence-electron chi connectivity index (χ1n) is 8.16. The number of alkyl halides is 3. The zero-order valence-electron chi connectivity index (χ0n) is 14.3. The second-order valence-electron chi connectivity index (χ2n) is 5.94. The Bertz CT molecular complexity index is 879. The van der Waals surface area contributed by atoms with E-state index in [0.29, 0.717) is 12.2 Å². The van der Waals surface area contributed by atoms with Crippen LogP contribution < -0.4 is 9.47 Å². The highest BCUT2D eigenvalue weighted by molar-refractivity contribution is 5.95. The number of carbonyl (C=O) groups is 1. The van der Waals surface area contributed by atoms with Gasteiger partial charge in [0.25, 0.3) is 0 Å². The number of nitrogens with zero attached hydrogens (tertiary/aromatic N) is 1. The Balaban J connectivity index is 1.95. The molecule has 3 rings (SSSR count). The van der Waals surface area contributed by atoms with Gasteiger partial charge in [0.2, 0.25) is 6.10 Å². The molecule has 1 aromatic heterocycles. The second-order valence-corrected chi connectivity index (χ2v) is 5.94. The Morgan fingerprint density at radius 1 is 1.30 bits per heavy atom. The lowest BCUT2D eigenvalue weighted by Gasteiger charge is -2.28. The van der Waals surface area contributed by atoms with Gasteiger partial charge in [0.05, 0.1) is 5.57 Å². The smallest absolute Gasteiger partial charge is 0.430 e. The molecular formula is C19H16F3NO4. The van der Waals surface area contributed by atoms with E-state index >= 15 is 0 Å². The Labute approximate surface area is 153 Å². The third-order valence-electron chi connectivity index (χ3n) is 4.10. The van der Waals surface area contributed by atoms with Crippen LogP contribution in [-0.2, 0) is 17.8 Å². The van der Waals surface area contributed by atoms with Gasteiger partial charge in [-0.05, 0) is 41.8 Å². The molecule has 1 aliphatic heterocycles. The fraction of sp³-hybridized carbons (Fsp3) is 0.263. The van der Waals surface area contributed by atoms with Gasteiger partial charge in [-0.2, -0.15) is 13.2 Å². The van der Waals surface area contributed by atoms with Gasteiger partial charge < -0.3 is 14.6 Å². The van der Waals surface area contributed by atoms with Gasteiger partial charge in [0.15, 0.2) is 0 Å². The van der Waals surface area contributed by atoms with E-state index in [1.807, 2.05) is 6.92 Å². The van der Waals surface area contributed by atoms with Crippen LogP contribution in [0, 0.1) is 0 Å². The number of hydrogen-bond donors (Lipinski definition) is 1. The van der Waals surface area contributed by atoms with Crippen LogP contribution in [0.25, 0.3) is 6.08 Å². The van der Waals surface area contributed by atoms with E-state index in [1.165, 1.54) is 6.07 Å². The van der Waals surface area contributed by atoms with Crippen LogP contribution in [0.15, 0.2) is 42.2 Å². The number of hydrogen-bond acceptors (Lipinski definition) is 4. The summed E-state index contributed by atoms with van der Waals surface area (Å²) in [6.45, 7) is 2.08. The number of pyridine rings is 1. The van der Waals surface area contributed by atoms with E-state index in [9.17, 15) is 18.0 Å². The lowest BCUT2D eigenvalue weighted by atomic mass is 9.98. The number of ether oxygens (including phenoxy) is 2. The molecule has 1 aromatic carbocycles. The second kappa shape index (κ2) is 7.30. The van der Waals surface area contributed by atoms with Crippen LogP contribution in [0.5, 0.6) is 11.5 Å². The molecule has 0 saturated carbocycles. The summed E-state index contributed by atoms with van der Waals surface area (Å²) in [5.74, 6) is -1.34. The first-order valence-corrected chi connectivity index (χ1v) is 8.16. The molecule has 1 aliphatic rings. The Kier molecular flexibility index (Phi) is 5.07. The number of rotatable bonds is 5. The van der Waals surface area contributed by atoms with Crippen molar-refractivity contribution in [1.82, 2.24) is 4.98 Å². The van der Waals surface area contributed by atoms with E-state index in [0.717, 1.165) is 17.2 Å². The quantitative estimate of drug-likeness (QED) is 0.850. The van der Waals surface area contributed by atoms with Crippen molar-refractivity contribution >= 4 is 12.0 Å². The average molecular weight is 379 g/mol. The molecule has 8 heteroatoms. The summed E-state index contributed by atoms with van der Waals surface area (Å²) >= 11 is 0. The highest BCUT2D eigenvalue weighted by Gasteiger charge is 2.48. The number of carboxylic acids is 1. The van der Waals surface area contributed by atoms with E-state index in [-0.39, 0.29) is 17.9 Å². The summed E-state index contributed by atoms with van der Waals surface area (Å²) in [6, 6.07) is 6.50. The normalized spacial score (nSPS) is 16.1. The van der Waals surface area contributed by atoms with Crippen molar-refractivity contribution in [2.24, 2.45) is 0 Å². The number of benzene rings is 1. The first-order chi connectivity index (χ1) is 12.8. The standard InChI is InChI=1S/C19H16F3NO4/c1-2-12-7-13-8-14(18(24)25)17(19(20,21)22)27-16(13)9-15(12)26-10-11-3-5-23-6-4-11/h3-9,17H,2,10H2,1H3,(H,24,25). The SMILES string of the molecule is CCc1cc2c(cc1OCc1ccncc1)OC(C(F)(F)F)C(C(=O)O)=C2. The molecule has 5 nitrogen and oxygen atoms in total. The van der Waals surface area contributed by atoms with Crippen LogP contribution in [0.1, 0.15) is 23.6 Å². The van der Waals surface area contributed by atoms with Crippen molar-refractivity contribution in [2.75, 3.05) is 0 Å². The molecule has 0 spiro atoms. The number of aliphatic carboxylic acids is 1. The maximum atomic E-state index is 13.2. The Morgan fingerprint density at radius 3 is 2.59 bits per heavy atom. The number of aryl methyl sites for hydroxylation is 1. The maximum absolute atomic E-state index is 13.2. The summed E-state index contributed by atoms with van der Waals surface area (Å²) in [7, 11) is 0. The topological polar surface area (TPSA) is 68.7 Å². The zero-order chi connectivity index (χ0) is 19.6. The lowest BCUT2D eigenvalue weighted by Crippen LogP contribution is -2.40. The molecule has 1 atom stereocenters. The summed E-state index contributed by atoms with van der Waals surface area (Å²) in [5, 5.41) is 9.11. The molecule has 0 saturated heterocycles. The fourth-order valence-corrected chi connectivity index (χ4v) is 2.74. The van der Waals surface area contributed by atoms with Gasteiger partial charge in [0.1, 0.15) is 18.1 Å². The Morgan fingerprint density at radius 2 is 2.00 bits per heavy atom.